The first-order chi connectivity index (χ1) is 13.3. The number of hydrogen-bond acceptors (Lipinski definition) is 3. The van der Waals surface area contributed by atoms with Crippen LogP contribution in [0.25, 0.3) is 0 Å². The van der Waals surface area contributed by atoms with E-state index in [0.717, 1.165) is 5.56 Å². The molecule has 0 bridgehead atoms. The Kier molecular flexibility index (Phi) is 6.99. The maximum absolute atomic E-state index is 12.8. The summed E-state index contributed by atoms with van der Waals surface area (Å²) >= 11 is 11.8. The predicted octanol–water partition coefficient (Wildman–Crippen LogP) is 3.85. The number of nitrogens with zero attached hydrogens (tertiary/aromatic N) is 1. The summed E-state index contributed by atoms with van der Waals surface area (Å²) in [5.74, 6) is -0.597. The molecule has 1 N–H and O–H groups in total. The van der Waals surface area contributed by atoms with E-state index >= 15 is 0 Å². The van der Waals surface area contributed by atoms with Gasteiger partial charge >= 0.3 is 0 Å². The van der Waals surface area contributed by atoms with Gasteiger partial charge in [0, 0.05) is 29.7 Å². The number of benzene rings is 2. The second-order valence-corrected chi connectivity index (χ2v) is 9.77. The van der Waals surface area contributed by atoms with Gasteiger partial charge in [-0.05, 0) is 48.2 Å². The molecule has 0 aliphatic carbocycles. The number of nitrogens with one attached hydrogen (secondary N) is 1. The van der Waals surface area contributed by atoms with Gasteiger partial charge in [0.1, 0.15) is 0 Å². The normalized spacial score (nSPS) is 18.0. The summed E-state index contributed by atoms with van der Waals surface area (Å²) < 4.78 is 27.0. The van der Waals surface area contributed by atoms with Crippen molar-refractivity contribution >= 4 is 39.1 Å². The van der Waals surface area contributed by atoms with Crippen LogP contribution in [0.15, 0.2) is 48.5 Å². The van der Waals surface area contributed by atoms with Gasteiger partial charge in [-0.25, -0.2) is 12.7 Å². The molecule has 1 amide bonds. The number of carbonyl (C=O) groups excluding carboxylic acids is 1. The minimum atomic E-state index is -3.51. The van der Waals surface area contributed by atoms with Gasteiger partial charge in [-0.15, -0.1) is 0 Å². The molecule has 8 heteroatoms. The topological polar surface area (TPSA) is 66.5 Å². The summed E-state index contributed by atoms with van der Waals surface area (Å²) in [6.45, 7) is 1.03. The van der Waals surface area contributed by atoms with E-state index in [1.165, 1.54) is 4.31 Å². The lowest BCUT2D eigenvalue weighted by Crippen LogP contribution is -2.45. The van der Waals surface area contributed by atoms with Crippen LogP contribution < -0.4 is 5.32 Å². The number of hydrogen-bond donors (Lipinski definition) is 1. The molecule has 1 aliphatic rings. The summed E-state index contributed by atoms with van der Waals surface area (Å²) in [5, 5.41) is 4.04. The second kappa shape index (κ2) is 9.27. The van der Waals surface area contributed by atoms with Gasteiger partial charge in [0.05, 0.1) is 11.7 Å². The zero-order valence-corrected chi connectivity index (χ0v) is 17.6. The Morgan fingerprint density at radius 2 is 1.82 bits per heavy atom. The number of halogens is 2. The number of amides is 1. The molecule has 1 heterocycles. The highest BCUT2D eigenvalue weighted by atomic mass is 35.5. The Labute approximate surface area is 175 Å². The second-order valence-electron chi connectivity index (χ2n) is 6.93. The van der Waals surface area contributed by atoms with Crippen LogP contribution in [0.3, 0.4) is 0 Å². The van der Waals surface area contributed by atoms with Crippen molar-refractivity contribution in [3.8, 4) is 0 Å². The molecule has 0 saturated carbocycles. The minimum absolute atomic E-state index is 0.118. The van der Waals surface area contributed by atoms with Crippen molar-refractivity contribution in [2.24, 2.45) is 5.92 Å². The number of sulfonamides is 1. The molecule has 0 spiro atoms. The highest BCUT2D eigenvalue weighted by molar-refractivity contribution is 7.88. The third-order valence-electron chi connectivity index (χ3n) is 4.77. The molecule has 1 fully saturated rings. The Hall–Kier alpha value is -1.60. The van der Waals surface area contributed by atoms with Gasteiger partial charge in [0.15, 0.2) is 0 Å². The molecule has 3 rings (SSSR count). The molecule has 0 unspecified atom stereocenters. The highest BCUT2D eigenvalue weighted by Crippen LogP contribution is 2.23. The first kappa shape index (κ1) is 21.1. The van der Waals surface area contributed by atoms with Crippen LogP contribution in [-0.4, -0.2) is 31.7 Å². The van der Waals surface area contributed by atoms with Gasteiger partial charge in [-0.2, -0.15) is 0 Å². The van der Waals surface area contributed by atoms with Crippen molar-refractivity contribution in [2.45, 2.75) is 25.1 Å². The van der Waals surface area contributed by atoms with Crippen LogP contribution >= 0.6 is 23.2 Å². The molecule has 0 aromatic heterocycles. The Balaban J connectivity index is 1.59. The maximum Gasteiger partial charge on any atom is 0.224 e. The summed E-state index contributed by atoms with van der Waals surface area (Å²) in [6, 6.07) is 14.1. The summed E-state index contributed by atoms with van der Waals surface area (Å²) in [4.78, 5) is 12.5. The van der Waals surface area contributed by atoms with Crippen molar-refractivity contribution in [3.05, 3.63) is 69.7 Å². The fraction of sp³-hybridized carbons (Fsp3) is 0.350. The smallest absolute Gasteiger partial charge is 0.224 e. The quantitative estimate of drug-likeness (QED) is 0.741. The van der Waals surface area contributed by atoms with Gasteiger partial charge in [-0.1, -0.05) is 47.5 Å². The molecule has 1 atom stereocenters. The number of piperidine rings is 1. The van der Waals surface area contributed by atoms with E-state index in [0.29, 0.717) is 41.5 Å². The van der Waals surface area contributed by atoms with Gasteiger partial charge in [0.25, 0.3) is 0 Å². The van der Waals surface area contributed by atoms with Crippen molar-refractivity contribution < 1.29 is 13.2 Å². The molecule has 1 aliphatic heterocycles. The van der Waals surface area contributed by atoms with Crippen molar-refractivity contribution in [1.29, 1.82) is 0 Å². The van der Waals surface area contributed by atoms with E-state index in [-0.39, 0.29) is 24.1 Å². The first-order valence-electron chi connectivity index (χ1n) is 9.08. The molecule has 5 nitrogen and oxygen atoms in total. The van der Waals surface area contributed by atoms with Gasteiger partial charge < -0.3 is 5.32 Å². The lowest BCUT2D eigenvalue weighted by molar-refractivity contribution is -0.126. The zero-order chi connectivity index (χ0) is 20.1. The monoisotopic (exact) mass is 440 g/mol. The molecular weight excluding hydrogens is 419 g/mol. The van der Waals surface area contributed by atoms with E-state index in [9.17, 15) is 13.2 Å². The van der Waals surface area contributed by atoms with E-state index in [1.807, 2.05) is 12.1 Å². The van der Waals surface area contributed by atoms with E-state index < -0.39 is 10.0 Å². The fourth-order valence-electron chi connectivity index (χ4n) is 3.27. The van der Waals surface area contributed by atoms with Crippen LogP contribution in [-0.2, 0) is 27.1 Å². The molecule has 150 valence electrons. The zero-order valence-electron chi connectivity index (χ0n) is 15.3. The van der Waals surface area contributed by atoms with E-state index in [2.05, 4.69) is 5.32 Å². The van der Waals surface area contributed by atoms with Crippen molar-refractivity contribution in [3.63, 3.8) is 0 Å². The minimum Gasteiger partial charge on any atom is -0.352 e. The Morgan fingerprint density at radius 1 is 1.07 bits per heavy atom. The number of rotatable bonds is 6. The van der Waals surface area contributed by atoms with E-state index in [1.54, 1.807) is 36.4 Å². The maximum atomic E-state index is 12.8. The summed E-state index contributed by atoms with van der Waals surface area (Å²) in [5.41, 5.74) is 1.58. The SMILES string of the molecule is O=C(NCc1ccc(Cl)cc1)[C@@H]1CCCN(S(=O)(=O)Cc2cccc(Cl)c2)C1. The van der Waals surface area contributed by atoms with Crippen LogP contribution in [0.5, 0.6) is 0 Å². The fourth-order valence-corrected chi connectivity index (χ4v) is 5.21. The lowest BCUT2D eigenvalue weighted by Gasteiger charge is -2.31. The van der Waals surface area contributed by atoms with Gasteiger partial charge in [-0.3, -0.25) is 4.79 Å². The average Bonchev–Trinajstić information content (AvgIpc) is 2.67. The third-order valence-corrected chi connectivity index (χ3v) is 7.07. The summed E-state index contributed by atoms with van der Waals surface area (Å²) in [6.07, 6.45) is 1.34. The number of carbonyl (C=O) groups is 1. The van der Waals surface area contributed by atoms with Crippen LogP contribution in [0.1, 0.15) is 24.0 Å². The molecule has 2 aromatic carbocycles. The molecular formula is C20H22Cl2N2O3S. The first-order valence-corrected chi connectivity index (χ1v) is 11.4. The third kappa shape index (κ3) is 5.70. The predicted molar refractivity (Wildman–Crippen MR) is 112 cm³/mol. The van der Waals surface area contributed by atoms with E-state index in [4.69, 9.17) is 23.2 Å². The van der Waals surface area contributed by atoms with Gasteiger partial charge in [0.2, 0.25) is 15.9 Å². The van der Waals surface area contributed by atoms with Crippen molar-refractivity contribution in [1.82, 2.24) is 9.62 Å². The average molecular weight is 441 g/mol. The van der Waals surface area contributed by atoms with Crippen LogP contribution in [0.4, 0.5) is 0 Å². The molecule has 2 aromatic rings. The Bertz CT molecular complexity index is 933. The highest BCUT2D eigenvalue weighted by Gasteiger charge is 2.32. The van der Waals surface area contributed by atoms with Crippen molar-refractivity contribution in [2.75, 3.05) is 13.1 Å². The van der Waals surface area contributed by atoms with Crippen LogP contribution in [0, 0.1) is 5.92 Å². The molecule has 28 heavy (non-hydrogen) atoms. The largest absolute Gasteiger partial charge is 0.352 e. The Morgan fingerprint density at radius 3 is 2.54 bits per heavy atom. The lowest BCUT2D eigenvalue weighted by atomic mass is 9.99. The standard InChI is InChI=1S/C20H22Cl2N2O3S/c21-18-8-6-15(7-9-18)12-23-20(25)17-4-2-10-24(13-17)28(26,27)14-16-3-1-5-19(22)11-16/h1,3,5-9,11,17H,2,4,10,12-14H2,(H,23,25)/t17-/m1/s1. The van der Waals surface area contributed by atoms with Crippen LogP contribution in [0.2, 0.25) is 10.0 Å². The summed E-state index contributed by atoms with van der Waals surface area (Å²) in [7, 11) is -3.51. The molecule has 1 saturated heterocycles. The molecule has 0 radical (unpaired) electrons.